The lowest BCUT2D eigenvalue weighted by Crippen LogP contribution is -2.38. The van der Waals surface area contributed by atoms with Gasteiger partial charge in [0, 0.05) is 5.56 Å². The van der Waals surface area contributed by atoms with E-state index in [1.165, 1.54) is 33.5 Å². The standard InChI is InChI=1S/C11H14N2O5S/c1-16-7-4-6(10(14)12-13-11(15)19)5-8(17-2)9(7)18-3/h4-5H,1-3H3,(H,12,14)(H2,13,15,19). The normalized spacial score (nSPS) is 9.47. The van der Waals surface area contributed by atoms with Crippen LogP contribution in [0.3, 0.4) is 0 Å². The van der Waals surface area contributed by atoms with Crippen LogP contribution in [0.1, 0.15) is 10.4 Å². The Balaban J connectivity index is 3.08. The Labute approximate surface area is 115 Å². The zero-order valence-corrected chi connectivity index (χ0v) is 11.5. The Morgan fingerprint density at radius 3 is 1.89 bits per heavy atom. The second-order valence-corrected chi connectivity index (χ2v) is 3.70. The first kappa shape index (κ1) is 15.0. The molecule has 0 saturated heterocycles. The lowest BCUT2D eigenvalue weighted by atomic mass is 10.1. The highest BCUT2D eigenvalue weighted by atomic mass is 32.1. The Morgan fingerprint density at radius 2 is 1.53 bits per heavy atom. The van der Waals surface area contributed by atoms with Crippen LogP contribution in [0.25, 0.3) is 0 Å². The molecule has 2 N–H and O–H groups in total. The molecule has 0 aliphatic heterocycles. The molecule has 0 radical (unpaired) electrons. The van der Waals surface area contributed by atoms with Crippen LogP contribution in [0.2, 0.25) is 0 Å². The van der Waals surface area contributed by atoms with Gasteiger partial charge in [-0.2, -0.15) is 0 Å². The average molecular weight is 286 g/mol. The quantitative estimate of drug-likeness (QED) is 0.568. The molecule has 1 aromatic rings. The minimum absolute atomic E-state index is 0.233. The van der Waals surface area contributed by atoms with Crippen LogP contribution in [-0.4, -0.2) is 32.5 Å². The molecule has 0 heterocycles. The van der Waals surface area contributed by atoms with Gasteiger partial charge in [0.15, 0.2) is 11.5 Å². The molecule has 1 rings (SSSR count). The van der Waals surface area contributed by atoms with E-state index in [1.807, 2.05) is 0 Å². The number of amides is 2. The maximum absolute atomic E-state index is 11.8. The van der Waals surface area contributed by atoms with Crippen LogP contribution >= 0.6 is 12.6 Å². The van der Waals surface area contributed by atoms with Crippen LogP contribution in [0.5, 0.6) is 17.2 Å². The molecule has 0 aliphatic rings. The van der Waals surface area contributed by atoms with Crippen molar-refractivity contribution >= 4 is 23.8 Å². The van der Waals surface area contributed by atoms with Gasteiger partial charge in [0.05, 0.1) is 21.3 Å². The summed E-state index contributed by atoms with van der Waals surface area (Å²) in [7, 11) is 4.34. The lowest BCUT2D eigenvalue weighted by molar-refractivity contribution is 0.0938. The number of hydrogen-bond acceptors (Lipinski definition) is 5. The first-order valence-electron chi connectivity index (χ1n) is 5.12. The Morgan fingerprint density at radius 1 is 1.00 bits per heavy atom. The number of thiol groups is 1. The highest BCUT2D eigenvalue weighted by Gasteiger charge is 2.16. The van der Waals surface area contributed by atoms with Crippen molar-refractivity contribution in [2.24, 2.45) is 0 Å². The summed E-state index contributed by atoms with van der Waals surface area (Å²) in [5.74, 6) is 0.509. The molecule has 7 nitrogen and oxygen atoms in total. The van der Waals surface area contributed by atoms with E-state index in [2.05, 4.69) is 23.5 Å². The van der Waals surface area contributed by atoms with E-state index in [0.717, 1.165) is 0 Å². The monoisotopic (exact) mass is 286 g/mol. The number of ether oxygens (including phenoxy) is 3. The van der Waals surface area contributed by atoms with Crippen molar-refractivity contribution in [3.63, 3.8) is 0 Å². The fourth-order valence-corrected chi connectivity index (χ4v) is 1.45. The van der Waals surface area contributed by atoms with Gasteiger partial charge in [-0.3, -0.25) is 20.4 Å². The molecular weight excluding hydrogens is 272 g/mol. The molecule has 0 atom stereocenters. The van der Waals surface area contributed by atoms with Crippen LogP contribution in [0.4, 0.5) is 4.79 Å². The topological polar surface area (TPSA) is 85.9 Å². The molecule has 104 valence electrons. The van der Waals surface area contributed by atoms with Gasteiger partial charge in [-0.15, -0.1) is 0 Å². The van der Waals surface area contributed by atoms with Crippen LogP contribution in [-0.2, 0) is 0 Å². The molecule has 0 spiro atoms. The van der Waals surface area contributed by atoms with Gasteiger partial charge in [-0.1, -0.05) is 12.6 Å². The van der Waals surface area contributed by atoms with E-state index < -0.39 is 11.1 Å². The van der Waals surface area contributed by atoms with Crippen molar-refractivity contribution in [2.45, 2.75) is 0 Å². The van der Waals surface area contributed by atoms with Crippen LogP contribution in [0.15, 0.2) is 12.1 Å². The third-order valence-electron chi connectivity index (χ3n) is 2.21. The molecular formula is C11H14N2O5S. The molecule has 1 aromatic carbocycles. The maximum atomic E-state index is 11.8. The SMILES string of the molecule is COc1cc(C(=O)NNC(=O)S)cc(OC)c1OC. The fraction of sp³-hybridized carbons (Fsp3) is 0.273. The van der Waals surface area contributed by atoms with Gasteiger partial charge in [0.25, 0.3) is 11.1 Å². The largest absolute Gasteiger partial charge is 0.493 e. The van der Waals surface area contributed by atoms with Gasteiger partial charge in [-0.05, 0) is 12.1 Å². The summed E-state index contributed by atoms with van der Waals surface area (Å²) in [5, 5.41) is -0.680. The van der Waals surface area contributed by atoms with E-state index in [-0.39, 0.29) is 5.56 Å². The average Bonchev–Trinajstić information content (AvgIpc) is 2.42. The van der Waals surface area contributed by atoms with Gasteiger partial charge in [0.1, 0.15) is 0 Å². The van der Waals surface area contributed by atoms with Crippen molar-refractivity contribution < 1.29 is 23.8 Å². The van der Waals surface area contributed by atoms with E-state index >= 15 is 0 Å². The minimum Gasteiger partial charge on any atom is -0.493 e. The van der Waals surface area contributed by atoms with Gasteiger partial charge in [0.2, 0.25) is 5.75 Å². The number of benzene rings is 1. The Bertz CT molecular complexity index is 467. The lowest BCUT2D eigenvalue weighted by Gasteiger charge is -2.14. The molecule has 2 amide bonds. The zero-order chi connectivity index (χ0) is 14.4. The van der Waals surface area contributed by atoms with Crippen molar-refractivity contribution in [1.82, 2.24) is 10.9 Å². The highest BCUT2D eigenvalue weighted by molar-refractivity contribution is 7.96. The number of nitrogens with one attached hydrogen (secondary N) is 2. The molecule has 8 heteroatoms. The summed E-state index contributed by atoms with van der Waals surface area (Å²) in [4.78, 5) is 22.4. The number of hydrazine groups is 1. The minimum atomic E-state index is -0.680. The van der Waals surface area contributed by atoms with Crippen LogP contribution in [0, 0.1) is 0 Å². The van der Waals surface area contributed by atoms with Gasteiger partial charge in [-0.25, -0.2) is 0 Å². The smallest absolute Gasteiger partial charge is 0.294 e. The molecule has 0 saturated carbocycles. The fourth-order valence-electron chi connectivity index (χ4n) is 1.39. The molecule has 0 unspecified atom stereocenters. The third kappa shape index (κ3) is 3.68. The van der Waals surface area contributed by atoms with Crippen LogP contribution < -0.4 is 25.1 Å². The zero-order valence-electron chi connectivity index (χ0n) is 10.6. The molecule has 19 heavy (non-hydrogen) atoms. The first-order chi connectivity index (χ1) is 9.03. The van der Waals surface area contributed by atoms with Crippen molar-refractivity contribution in [3.8, 4) is 17.2 Å². The molecule has 0 fully saturated rings. The Kier molecular flexibility index (Phi) is 5.31. The summed E-state index contributed by atoms with van der Waals surface area (Å²) in [6.07, 6.45) is 0. The Hall–Kier alpha value is -2.09. The van der Waals surface area contributed by atoms with E-state index in [9.17, 15) is 9.59 Å². The third-order valence-corrected chi connectivity index (χ3v) is 2.32. The van der Waals surface area contributed by atoms with Gasteiger partial charge < -0.3 is 14.2 Å². The van der Waals surface area contributed by atoms with E-state index in [1.54, 1.807) is 0 Å². The maximum Gasteiger partial charge on any atom is 0.294 e. The number of methoxy groups -OCH3 is 3. The number of rotatable bonds is 4. The second-order valence-electron chi connectivity index (χ2n) is 3.30. The summed E-state index contributed by atoms with van der Waals surface area (Å²) >= 11 is 3.46. The molecule has 0 bridgehead atoms. The number of carbonyl (C=O) groups excluding carboxylic acids is 2. The predicted octanol–water partition coefficient (Wildman–Crippen LogP) is 0.997. The molecule has 0 aliphatic carbocycles. The highest BCUT2D eigenvalue weighted by Crippen LogP contribution is 2.38. The van der Waals surface area contributed by atoms with Crippen molar-refractivity contribution in [2.75, 3.05) is 21.3 Å². The van der Waals surface area contributed by atoms with Crippen molar-refractivity contribution in [1.29, 1.82) is 0 Å². The van der Waals surface area contributed by atoms with E-state index in [0.29, 0.717) is 17.2 Å². The number of carbonyl (C=O) groups is 2. The summed E-state index contributed by atoms with van der Waals surface area (Å²) in [5.41, 5.74) is 4.46. The second kappa shape index (κ2) is 6.74. The summed E-state index contributed by atoms with van der Waals surface area (Å²) < 4.78 is 15.3. The van der Waals surface area contributed by atoms with E-state index in [4.69, 9.17) is 14.2 Å². The predicted molar refractivity (Wildman–Crippen MR) is 71.1 cm³/mol. The summed E-state index contributed by atoms with van der Waals surface area (Å²) in [6, 6.07) is 2.92. The first-order valence-corrected chi connectivity index (χ1v) is 5.57. The van der Waals surface area contributed by atoms with Crippen molar-refractivity contribution in [3.05, 3.63) is 17.7 Å². The summed E-state index contributed by atoms with van der Waals surface area (Å²) in [6.45, 7) is 0. The molecule has 0 aromatic heterocycles. The number of hydrogen-bond donors (Lipinski definition) is 3. The van der Waals surface area contributed by atoms with Gasteiger partial charge >= 0.3 is 0 Å².